The summed E-state index contributed by atoms with van der Waals surface area (Å²) < 4.78 is 1.72. The van der Waals surface area contributed by atoms with Crippen LogP contribution in [0.2, 0.25) is 0 Å². The largest absolute Gasteiger partial charge is 0.366 e. The molecule has 0 saturated carbocycles. The van der Waals surface area contributed by atoms with E-state index in [0.717, 1.165) is 0 Å². The third-order valence-corrected chi connectivity index (χ3v) is 2.86. The molecule has 0 spiro atoms. The van der Waals surface area contributed by atoms with E-state index >= 15 is 0 Å². The highest BCUT2D eigenvalue weighted by atomic mass is 16.1. The summed E-state index contributed by atoms with van der Waals surface area (Å²) in [5, 5.41) is 0. The molecule has 1 amide bonds. The first-order valence-electron chi connectivity index (χ1n) is 5.77. The number of nitrogens with two attached hydrogens (primary N) is 1. The molecule has 0 saturated heterocycles. The first-order valence-corrected chi connectivity index (χ1v) is 5.77. The number of fused-ring (bicyclic) bond motifs is 1. The molecule has 2 aromatic heterocycles. The second kappa shape index (κ2) is 3.98. The molecule has 0 fully saturated rings. The van der Waals surface area contributed by atoms with Gasteiger partial charge in [-0.25, -0.2) is 0 Å². The average Bonchev–Trinajstić information content (AvgIpc) is 2.66. The van der Waals surface area contributed by atoms with E-state index in [1.54, 1.807) is 22.7 Å². The number of hydrogen-bond donors (Lipinski definition) is 1. The minimum Gasteiger partial charge on any atom is -0.366 e. The fourth-order valence-corrected chi connectivity index (χ4v) is 1.91. The van der Waals surface area contributed by atoms with E-state index in [4.69, 9.17) is 5.73 Å². The summed E-state index contributed by atoms with van der Waals surface area (Å²) in [7, 11) is 0. The van der Waals surface area contributed by atoms with Gasteiger partial charge in [-0.2, -0.15) is 0 Å². The predicted octanol–water partition coefficient (Wildman–Crippen LogP) is 2.27. The molecule has 0 unspecified atom stereocenters. The molecule has 18 heavy (non-hydrogen) atoms. The zero-order valence-electron chi connectivity index (χ0n) is 10.7. The Bertz CT molecular complexity index is 633. The van der Waals surface area contributed by atoms with Crippen molar-refractivity contribution in [1.82, 2.24) is 4.40 Å². The molecular formula is C14H16N2O2. The predicted molar refractivity (Wildman–Crippen MR) is 69.7 cm³/mol. The van der Waals surface area contributed by atoms with Gasteiger partial charge >= 0.3 is 0 Å². The number of carbonyl (C=O) groups excluding carboxylic acids is 2. The Morgan fingerprint density at radius 1 is 1.22 bits per heavy atom. The maximum absolute atomic E-state index is 12.3. The van der Waals surface area contributed by atoms with Crippen molar-refractivity contribution in [2.75, 3.05) is 0 Å². The van der Waals surface area contributed by atoms with E-state index in [2.05, 4.69) is 0 Å². The Morgan fingerprint density at radius 3 is 2.44 bits per heavy atom. The maximum Gasteiger partial charge on any atom is 0.250 e. The fourth-order valence-electron chi connectivity index (χ4n) is 1.91. The molecular weight excluding hydrogens is 228 g/mol. The molecule has 0 atom stereocenters. The van der Waals surface area contributed by atoms with Gasteiger partial charge in [0.15, 0.2) is 5.78 Å². The highest BCUT2D eigenvalue weighted by Gasteiger charge is 2.27. The number of ketones is 1. The van der Waals surface area contributed by atoms with Crippen molar-refractivity contribution in [3.63, 3.8) is 0 Å². The standard InChI is InChI=1S/C14H16N2O2/c1-14(2,3)12(17)11-8-9(13(15)18)10-6-4-5-7-16(10)11/h4-8H,1-3H3,(H2,15,18). The summed E-state index contributed by atoms with van der Waals surface area (Å²) in [6, 6.07) is 6.98. The maximum atomic E-state index is 12.3. The summed E-state index contributed by atoms with van der Waals surface area (Å²) in [4.78, 5) is 23.7. The SMILES string of the molecule is CC(C)(C)C(=O)c1cc(C(N)=O)c2ccccn12. The van der Waals surface area contributed by atoms with Crippen molar-refractivity contribution in [3.8, 4) is 0 Å². The molecule has 0 radical (unpaired) electrons. The van der Waals surface area contributed by atoms with E-state index in [9.17, 15) is 9.59 Å². The Hall–Kier alpha value is -2.10. The number of aromatic nitrogens is 1. The van der Waals surface area contributed by atoms with Crippen LogP contribution in [0, 0.1) is 5.41 Å². The van der Waals surface area contributed by atoms with Crippen molar-refractivity contribution in [1.29, 1.82) is 0 Å². The molecule has 2 aromatic rings. The van der Waals surface area contributed by atoms with Crippen molar-refractivity contribution in [2.24, 2.45) is 11.1 Å². The van der Waals surface area contributed by atoms with Gasteiger partial charge in [-0.1, -0.05) is 26.8 Å². The number of hydrogen-bond acceptors (Lipinski definition) is 2. The van der Waals surface area contributed by atoms with Gasteiger partial charge in [0.1, 0.15) is 0 Å². The van der Waals surface area contributed by atoms with Gasteiger partial charge in [-0.05, 0) is 18.2 Å². The van der Waals surface area contributed by atoms with Crippen molar-refractivity contribution in [3.05, 3.63) is 41.7 Å². The van der Waals surface area contributed by atoms with Crippen LogP contribution >= 0.6 is 0 Å². The monoisotopic (exact) mass is 244 g/mol. The summed E-state index contributed by atoms with van der Waals surface area (Å²) in [6.07, 6.45) is 1.76. The number of carbonyl (C=O) groups is 2. The number of rotatable bonds is 2. The second-order valence-electron chi connectivity index (χ2n) is 5.34. The van der Waals surface area contributed by atoms with Gasteiger partial charge < -0.3 is 10.1 Å². The third kappa shape index (κ3) is 1.90. The van der Waals surface area contributed by atoms with Crippen LogP contribution in [0.3, 0.4) is 0 Å². The normalized spacial score (nSPS) is 11.7. The van der Waals surface area contributed by atoms with Crippen LogP contribution in [0.4, 0.5) is 0 Å². The minimum absolute atomic E-state index is 0.0174. The first-order chi connectivity index (χ1) is 8.32. The molecule has 0 bridgehead atoms. The molecule has 0 aliphatic heterocycles. The summed E-state index contributed by atoms with van der Waals surface area (Å²) in [5.41, 5.74) is 6.37. The van der Waals surface area contributed by atoms with Gasteiger partial charge in [0.25, 0.3) is 5.91 Å². The minimum atomic E-state index is -0.522. The van der Waals surface area contributed by atoms with Crippen molar-refractivity contribution in [2.45, 2.75) is 20.8 Å². The Morgan fingerprint density at radius 2 is 1.89 bits per heavy atom. The summed E-state index contributed by atoms with van der Waals surface area (Å²) in [6.45, 7) is 5.55. The molecule has 0 aliphatic carbocycles. The molecule has 2 rings (SSSR count). The second-order valence-corrected chi connectivity index (χ2v) is 5.34. The smallest absolute Gasteiger partial charge is 0.250 e. The Labute approximate surface area is 105 Å². The third-order valence-electron chi connectivity index (χ3n) is 2.86. The van der Waals surface area contributed by atoms with Gasteiger partial charge in [0, 0.05) is 11.6 Å². The zero-order valence-corrected chi connectivity index (χ0v) is 10.7. The van der Waals surface area contributed by atoms with Gasteiger partial charge in [0.2, 0.25) is 0 Å². The van der Waals surface area contributed by atoms with Crippen LogP contribution < -0.4 is 5.73 Å². The lowest BCUT2D eigenvalue weighted by Gasteiger charge is -2.16. The number of primary amides is 1. The van der Waals surface area contributed by atoms with Gasteiger partial charge in [-0.3, -0.25) is 9.59 Å². The van der Waals surface area contributed by atoms with Gasteiger partial charge in [-0.15, -0.1) is 0 Å². The molecule has 4 heteroatoms. The molecule has 0 aromatic carbocycles. The van der Waals surface area contributed by atoms with E-state index in [0.29, 0.717) is 16.8 Å². The molecule has 4 nitrogen and oxygen atoms in total. The number of pyridine rings is 1. The highest BCUT2D eigenvalue weighted by Crippen LogP contribution is 2.24. The van der Waals surface area contributed by atoms with Gasteiger partial charge in [0.05, 0.1) is 16.8 Å². The fraction of sp³-hybridized carbons (Fsp3) is 0.286. The quantitative estimate of drug-likeness (QED) is 0.823. The van der Waals surface area contributed by atoms with Crippen LogP contribution in [-0.2, 0) is 0 Å². The van der Waals surface area contributed by atoms with E-state index in [1.165, 1.54) is 0 Å². The summed E-state index contributed by atoms with van der Waals surface area (Å²) >= 11 is 0. The zero-order chi connectivity index (χ0) is 13.5. The Kier molecular flexibility index (Phi) is 2.73. The van der Waals surface area contributed by atoms with Crippen LogP contribution in [-0.4, -0.2) is 16.1 Å². The van der Waals surface area contributed by atoms with Crippen LogP contribution in [0.15, 0.2) is 30.5 Å². The molecule has 94 valence electrons. The lowest BCUT2D eigenvalue weighted by Crippen LogP contribution is -2.21. The topological polar surface area (TPSA) is 64.6 Å². The lowest BCUT2D eigenvalue weighted by molar-refractivity contribution is 0.0852. The van der Waals surface area contributed by atoms with Crippen LogP contribution in [0.25, 0.3) is 5.52 Å². The van der Waals surface area contributed by atoms with Crippen LogP contribution in [0.1, 0.15) is 41.6 Å². The number of nitrogens with zero attached hydrogens (tertiary/aromatic N) is 1. The molecule has 2 heterocycles. The average molecular weight is 244 g/mol. The van der Waals surface area contributed by atoms with Crippen LogP contribution in [0.5, 0.6) is 0 Å². The molecule has 2 N–H and O–H groups in total. The van der Waals surface area contributed by atoms with Crippen molar-refractivity contribution < 1.29 is 9.59 Å². The van der Waals surface area contributed by atoms with E-state index in [1.807, 2.05) is 32.9 Å². The Balaban J connectivity index is 2.73. The van der Waals surface area contributed by atoms with E-state index in [-0.39, 0.29) is 5.78 Å². The molecule has 0 aliphatic rings. The van der Waals surface area contributed by atoms with E-state index < -0.39 is 11.3 Å². The number of Topliss-reactive ketones (excluding diaryl/α,β-unsaturated/α-hetero) is 1. The highest BCUT2D eigenvalue weighted by molar-refractivity contribution is 6.06. The first kappa shape index (κ1) is 12.4. The summed E-state index contributed by atoms with van der Waals surface area (Å²) in [5.74, 6) is -0.539. The number of amides is 1. The van der Waals surface area contributed by atoms with Crippen molar-refractivity contribution >= 4 is 17.2 Å². The lowest BCUT2D eigenvalue weighted by atomic mass is 9.89.